The van der Waals surface area contributed by atoms with E-state index in [0.717, 1.165) is 33.4 Å². The molecule has 4 aromatic carbocycles. The van der Waals surface area contributed by atoms with Gasteiger partial charge in [0.15, 0.2) is 6.29 Å². The Morgan fingerprint density at radius 3 is 2.30 bits per heavy atom. The molecule has 0 amide bonds. The number of nitrogens with zero attached hydrogens (tertiary/aromatic N) is 4. The van der Waals surface area contributed by atoms with Gasteiger partial charge < -0.3 is 14.6 Å². The van der Waals surface area contributed by atoms with Crippen molar-refractivity contribution in [3.8, 4) is 11.1 Å². The fourth-order valence-electron chi connectivity index (χ4n) is 5.36. The van der Waals surface area contributed by atoms with Crippen molar-refractivity contribution >= 4 is 21.8 Å². The average molecular weight is 658 g/mol. The zero-order valence-electron chi connectivity index (χ0n) is 25.4. The van der Waals surface area contributed by atoms with Gasteiger partial charge in [0.05, 0.1) is 23.7 Å². The molecule has 1 aromatic heterocycles. The van der Waals surface area contributed by atoms with E-state index in [2.05, 4.69) is 27.2 Å². The van der Waals surface area contributed by atoms with Crippen molar-refractivity contribution in [3.63, 3.8) is 0 Å². The molecule has 0 saturated carbocycles. The van der Waals surface area contributed by atoms with Crippen molar-refractivity contribution in [3.05, 3.63) is 125 Å². The first kappa shape index (κ1) is 32.0. The summed E-state index contributed by atoms with van der Waals surface area (Å²) in [7, 11) is -1.80. The summed E-state index contributed by atoms with van der Waals surface area (Å²) >= 11 is 1.54. The Hall–Kier alpha value is -3.91. The van der Waals surface area contributed by atoms with Crippen LogP contribution in [-0.4, -0.2) is 45.6 Å². The van der Waals surface area contributed by atoms with Crippen LogP contribution in [-0.2, 0) is 39.7 Å². The number of aryl methyl sites for hydroxylation is 1. The third kappa shape index (κ3) is 7.38. The number of benzene rings is 4. The number of hydrogen-bond donors (Lipinski definition) is 2. The quantitative estimate of drug-likeness (QED) is 0.179. The molecule has 6 rings (SSSR count). The highest BCUT2D eigenvalue weighted by molar-refractivity contribution is 7.99. The summed E-state index contributed by atoms with van der Waals surface area (Å²) in [4.78, 5) is 0.235. The van der Waals surface area contributed by atoms with Gasteiger partial charge >= 0.3 is 0 Å². The first-order chi connectivity index (χ1) is 22.3. The van der Waals surface area contributed by atoms with E-state index >= 15 is 0 Å². The number of thioether (sulfide) groups is 1. The second-order valence-electron chi connectivity index (χ2n) is 11.2. The Morgan fingerprint density at radius 1 is 0.870 bits per heavy atom. The molecule has 1 saturated heterocycles. The lowest BCUT2D eigenvalue weighted by Gasteiger charge is -2.41. The molecule has 46 heavy (non-hydrogen) atoms. The first-order valence-electron chi connectivity index (χ1n) is 14.9. The number of ether oxygens (including phenoxy) is 2. The third-order valence-corrected chi connectivity index (χ3v) is 10.6. The normalized spacial score (nSPS) is 20.1. The molecule has 0 spiro atoms. The van der Waals surface area contributed by atoms with Crippen molar-refractivity contribution < 1.29 is 23.0 Å². The molecule has 1 aliphatic rings. The number of rotatable bonds is 11. The summed E-state index contributed by atoms with van der Waals surface area (Å²) in [6, 6.07) is 32.0. The molecular weight excluding hydrogens is 623 g/mol. The summed E-state index contributed by atoms with van der Waals surface area (Å²) in [5, 5.41) is 22.0. The molecule has 12 heteroatoms. The molecule has 5 aromatic rings. The van der Waals surface area contributed by atoms with Gasteiger partial charge in [-0.2, -0.15) is 0 Å². The highest BCUT2D eigenvalue weighted by Crippen LogP contribution is 2.43. The van der Waals surface area contributed by atoms with Crippen LogP contribution in [0.25, 0.3) is 11.1 Å². The van der Waals surface area contributed by atoms with E-state index in [0.29, 0.717) is 10.9 Å². The number of aromatic nitrogens is 4. The maximum Gasteiger partial charge on any atom is 0.240 e. The number of hydrogen-bond acceptors (Lipinski definition) is 9. The summed E-state index contributed by atoms with van der Waals surface area (Å²) in [5.74, 6) is 0.672. The van der Waals surface area contributed by atoms with Crippen molar-refractivity contribution in [2.24, 2.45) is 13.0 Å². The third-order valence-electron chi connectivity index (χ3n) is 8.04. The Labute approximate surface area is 272 Å². The van der Waals surface area contributed by atoms with E-state index in [1.165, 1.54) is 0 Å². The van der Waals surface area contributed by atoms with Crippen LogP contribution < -0.4 is 4.72 Å². The van der Waals surface area contributed by atoms with E-state index in [4.69, 9.17) is 9.47 Å². The lowest BCUT2D eigenvalue weighted by Crippen LogP contribution is -2.38. The summed E-state index contributed by atoms with van der Waals surface area (Å²) < 4.78 is 42.9. The predicted molar refractivity (Wildman–Crippen MR) is 175 cm³/mol. The first-order valence-corrected chi connectivity index (χ1v) is 17.4. The van der Waals surface area contributed by atoms with Crippen molar-refractivity contribution in [1.29, 1.82) is 0 Å². The summed E-state index contributed by atoms with van der Waals surface area (Å²) in [6.07, 6.45) is -0.987. The standard InChI is InChI=1S/C34H35N5O5S2/c1-23-31(22-45-34-36-37-38-39(34)2)43-33(44-32(23)27-13-11-24(21-40)12-14-27)28-17-15-26(16-18-28)29-8-6-7-25(19-29)20-35-46(41,42)30-9-4-3-5-10-30/h3-19,23,31-33,35,40H,20-22H2,1-2H3. The van der Waals surface area contributed by atoms with Crippen LogP contribution in [0, 0.1) is 5.92 Å². The predicted octanol–water partition coefficient (Wildman–Crippen LogP) is 5.43. The number of tetrazole rings is 1. The number of nitrogens with one attached hydrogen (secondary N) is 1. The molecular formula is C34H35N5O5S2. The van der Waals surface area contributed by atoms with Gasteiger partial charge in [0.1, 0.15) is 0 Å². The van der Waals surface area contributed by atoms with Gasteiger partial charge in [0.25, 0.3) is 0 Å². The van der Waals surface area contributed by atoms with Gasteiger partial charge in [0.2, 0.25) is 15.2 Å². The fraction of sp³-hybridized carbons (Fsp3) is 0.265. The minimum atomic E-state index is -3.61. The van der Waals surface area contributed by atoms with E-state index in [1.54, 1.807) is 46.8 Å². The molecule has 238 valence electrons. The summed E-state index contributed by atoms with van der Waals surface area (Å²) in [5.41, 5.74) is 5.55. The van der Waals surface area contributed by atoms with Crippen LogP contribution in [0.3, 0.4) is 0 Å². The highest BCUT2D eigenvalue weighted by Gasteiger charge is 2.38. The zero-order valence-corrected chi connectivity index (χ0v) is 27.1. The topological polar surface area (TPSA) is 128 Å². The number of sulfonamides is 1. The van der Waals surface area contributed by atoms with E-state index in [-0.39, 0.29) is 36.2 Å². The Kier molecular flexibility index (Phi) is 9.92. The maximum absolute atomic E-state index is 12.7. The molecule has 4 atom stereocenters. The molecule has 10 nitrogen and oxygen atoms in total. The van der Waals surface area contributed by atoms with Crippen molar-refractivity contribution in [2.45, 2.75) is 48.6 Å². The van der Waals surface area contributed by atoms with Gasteiger partial charge in [-0.3, -0.25) is 0 Å². The minimum Gasteiger partial charge on any atom is -0.392 e. The van der Waals surface area contributed by atoms with E-state index < -0.39 is 16.3 Å². The Balaban J connectivity index is 1.19. The average Bonchev–Trinajstić information content (AvgIpc) is 3.52. The molecule has 2 N–H and O–H groups in total. The molecule has 1 fully saturated rings. The molecule has 0 aliphatic carbocycles. The van der Waals surface area contributed by atoms with E-state index in [1.807, 2.05) is 79.8 Å². The zero-order chi connectivity index (χ0) is 32.1. The smallest absolute Gasteiger partial charge is 0.240 e. The van der Waals surface area contributed by atoms with Crippen molar-refractivity contribution in [2.75, 3.05) is 5.75 Å². The molecule has 0 radical (unpaired) electrons. The van der Waals surface area contributed by atoms with Crippen molar-refractivity contribution in [1.82, 2.24) is 24.9 Å². The second-order valence-corrected chi connectivity index (χ2v) is 13.9. The largest absolute Gasteiger partial charge is 0.392 e. The lowest BCUT2D eigenvalue weighted by atomic mass is 9.91. The van der Waals surface area contributed by atoms with Gasteiger partial charge in [-0.1, -0.05) is 104 Å². The number of aliphatic hydroxyl groups is 1. The molecule has 1 aliphatic heterocycles. The van der Waals surface area contributed by atoms with Gasteiger partial charge in [-0.25, -0.2) is 17.8 Å². The van der Waals surface area contributed by atoms with Crippen LogP contribution in [0.2, 0.25) is 0 Å². The SMILES string of the molecule is CC1C(CSc2nnnn2C)OC(c2ccc(-c3cccc(CNS(=O)(=O)c4ccccc4)c3)cc2)OC1c1ccc(CO)cc1. The van der Waals surface area contributed by atoms with Crippen LogP contribution >= 0.6 is 11.8 Å². The molecule has 4 unspecified atom stereocenters. The monoisotopic (exact) mass is 657 g/mol. The van der Waals surface area contributed by atoms with E-state index in [9.17, 15) is 13.5 Å². The van der Waals surface area contributed by atoms with Gasteiger partial charge in [-0.05, 0) is 56.4 Å². The van der Waals surface area contributed by atoms with Crippen LogP contribution in [0.4, 0.5) is 0 Å². The highest BCUT2D eigenvalue weighted by atomic mass is 32.2. The Morgan fingerprint density at radius 2 is 1.61 bits per heavy atom. The number of aliphatic hydroxyl groups excluding tert-OH is 1. The van der Waals surface area contributed by atoms with Crippen LogP contribution in [0.5, 0.6) is 0 Å². The Bertz CT molecular complexity index is 1850. The fourth-order valence-corrected chi connectivity index (χ4v) is 7.42. The van der Waals surface area contributed by atoms with Crippen LogP contribution in [0.15, 0.2) is 113 Å². The lowest BCUT2D eigenvalue weighted by molar-refractivity contribution is -0.268. The molecule has 2 heterocycles. The maximum atomic E-state index is 12.7. The minimum absolute atomic E-state index is 0.0172. The molecule has 0 bridgehead atoms. The van der Waals surface area contributed by atoms with Gasteiger partial charge in [-0.15, -0.1) is 5.10 Å². The second kappa shape index (κ2) is 14.2. The summed E-state index contributed by atoms with van der Waals surface area (Å²) in [6.45, 7) is 2.28. The van der Waals surface area contributed by atoms with Crippen LogP contribution in [0.1, 0.15) is 41.6 Å². The van der Waals surface area contributed by atoms with Gasteiger partial charge in [0, 0.05) is 30.8 Å².